The Bertz CT molecular complexity index is 624. The lowest BCUT2D eigenvalue weighted by molar-refractivity contribution is 0.475. The number of hydrogen-bond acceptors (Lipinski definition) is 6. The van der Waals surface area contributed by atoms with Crippen LogP contribution in [0.2, 0.25) is 5.02 Å². The smallest absolute Gasteiger partial charge is 0.140 e. The predicted molar refractivity (Wildman–Crippen MR) is 75.0 cm³/mol. The van der Waals surface area contributed by atoms with Crippen LogP contribution >= 0.6 is 11.6 Å². The minimum Gasteiger partial charge on any atom is -0.508 e. The summed E-state index contributed by atoms with van der Waals surface area (Å²) in [6.45, 7) is 0. The molecule has 0 aliphatic heterocycles. The minimum absolute atomic E-state index is 0.0197. The number of anilines is 2. The van der Waals surface area contributed by atoms with E-state index in [1.165, 1.54) is 18.5 Å². The highest BCUT2D eigenvalue weighted by atomic mass is 35.5. The molecule has 0 fully saturated rings. The number of nitrogens with two attached hydrogens (primary N) is 1. The third-order valence-electron chi connectivity index (χ3n) is 2.53. The van der Waals surface area contributed by atoms with E-state index < -0.39 is 0 Å². The monoisotopic (exact) mass is 277 g/mol. The number of benzene rings is 1. The van der Waals surface area contributed by atoms with Crippen LogP contribution < -0.4 is 11.1 Å². The molecule has 0 saturated heterocycles. The number of halogens is 1. The fourth-order valence-corrected chi connectivity index (χ4v) is 1.93. The molecule has 6 nitrogen and oxygen atoms in total. The highest BCUT2D eigenvalue weighted by Gasteiger charge is 2.16. The Morgan fingerprint density at radius 3 is 2.74 bits per heavy atom. The second-order valence-electron chi connectivity index (χ2n) is 3.81. The molecule has 98 valence electrons. The molecular formula is C12H12ClN5O. The number of rotatable bonds is 3. The third-order valence-corrected chi connectivity index (χ3v) is 2.75. The van der Waals surface area contributed by atoms with Gasteiger partial charge in [0.15, 0.2) is 0 Å². The fourth-order valence-electron chi connectivity index (χ4n) is 1.70. The molecule has 0 aliphatic carbocycles. The summed E-state index contributed by atoms with van der Waals surface area (Å²) < 4.78 is 0. The number of nitrogens with one attached hydrogen (secondary N) is 2. The van der Waals surface area contributed by atoms with Gasteiger partial charge in [-0.1, -0.05) is 11.6 Å². The number of aromatic hydroxyl groups is 1. The molecule has 19 heavy (non-hydrogen) atoms. The van der Waals surface area contributed by atoms with Crippen molar-refractivity contribution >= 4 is 28.9 Å². The largest absolute Gasteiger partial charge is 0.508 e. The summed E-state index contributed by atoms with van der Waals surface area (Å²) in [6.07, 6.45) is 1.31. The first-order chi connectivity index (χ1) is 9.02. The lowest BCUT2D eigenvalue weighted by atomic mass is 10.0. The van der Waals surface area contributed by atoms with E-state index >= 15 is 0 Å². The molecule has 2 rings (SSSR count). The van der Waals surface area contributed by atoms with E-state index in [0.717, 1.165) is 0 Å². The summed E-state index contributed by atoms with van der Waals surface area (Å²) in [6, 6.07) is 4.39. The van der Waals surface area contributed by atoms with Crippen LogP contribution in [0.4, 0.5) is 11.6 Å². The van der Waals surface area contributed by atoms with E-state index in [1.54, 1.807) is 13.1 Å². The van der Waals surface area contributed by atoms with Crippen molar-refractivity contribution in [2.24, 2.45) is 0 Å². The molecule has 0 bridgehead atoms. The third kappa shape index (κ3) is 2.58. The lowest BCUT2D eigenvalue weighted by Gasteiger charge is -2.11. The highest BCUT2D eigenvalue weighted by molar-refractivity contribution is 6.31. The van der Waals surface area contributed by atoms with Gasteiger partial charge < -0.3 is 16.2 Å². The molecule has 5 N–H and O–H groups in total. The van der Waals surface area contributed by atoms with Gasteiger partial charge in [0.05, 0.1) is 11.3 Å². The maximum Gasteiger partial charge on any atom is 0.140 e. The lowest BCUT2D eigenvalue weighted by Crippen LogP contribution is -2.12. The average Bonchev–Trinajstić information content (AvgIpc) is 2.36. The molecule has 1 heterocycles. The number of phenolic OH excluding ortho intramolecular Hbond substituents is 1. The van der Waals surface area contributed by atoms with Crippen LogP contribution in [-0.4, -0.2) is 27.8 Å². The van der Waals surface area contributed by atoms with Crippen LogP contribution in [0.25, 0.3) is 0 Å². The van der Waals surface area contributed by atoms with Gasteiger partial charge >= 0.3 is 0 Å². The SMILES string of the molecule is CNc1ncnc(N)c1C(=N)c1cc(O)cc(Cl)c1. The molecular weight excluding hydrogens is 266 g/mol. The van der Waals surface area contributed by atoms with E-state index in [-0.39, 0.29) is 17.3 Å². The molecule has 0 atom stereocenters. The zero-order valence-corrected chi connectivity index (χ0v) is 10.9. The summed E-state index contributed by atoms with van der Waals surface area (Å²) >= 11 is 5.86. The first-order valence-corrected chi connectivity index (χ1v) is 5.77. The maximum atomic E-state index is 9.53. The molecule has 0 amide bonds. The minimum atomic E-state index is -0.0197. The van der Waals surface area contributed by atoms with Gasteiger partial charge in [0.25, 0.3) is 0 Å². The van der Waals surface area contributed by atoms with E-state index in [2.05, 4.69) is 15.3 Å². The Morgan fingerprint density at radius 1 is 1.37 bits per heavy atom. The van der Waals surface area contributed by atoms with Gasteiger partial charge in [-0.25, -0.2) is 9.97 Å². The quantitative estimate of drug-likeness (QED) is 0.641. The van der Waals surface area contributed by atoms with Crippen molar-refractivity contribution in [2.45, 2.75) is 0 Å². The molecule has 2 aromatic rings. The second-order valence-corrected chi connectivity index (χ2v) is 4.24. The number of phenols is 1. The van der Waals surface area contributed by atoms with Gasteiger partial charge in [-0.2, -0.15) is 0 Å². The Kier molecular flexibility index (Phi) is 3.52. The van der Waals surface area contributed by atoms with Crippen molar-refractivity contribution in [3.05, 3.63) is 40.7 Å². The fraction of sp³-hybridized carbons (Fsp3) is 0.0833. The summed E-state index contributed by atoms with van der Waals surface area (Å²) in [7, 11) is 1.67. The van der Waals surface area contributed by atoms with Crippen molar-refractivity contribution in [1.82, 2.24) is 9.97 Å². The van der Waals surface area contributed by atoms with Crippen LogP contribution in [0.5, 0.6) is 5.75 Å². The maximum absolute atomic E-state index is 9.53. The summed E-state index contributed by atoms with van der Waals surface area (Å²) in [5.41, 5.74) is 6.67. The Labute approximate surface area is 114 Å². The van der Waals surface area contributed by atoms with Crippen molar-refractivity contribution in [3.63, 3.8) is 0 Å². The van der Waals surface area contributed by atoms with E-state index in [0.29, 0.717) is 22.0 Å². The molecule has 1 aromatic carbocycles. The van der Waals surface area contributed by atoms with Crippen molar-refractivity contribution in [2.75, 3.05) is 18.1 Å². The number of aromatic nitrogens is 2. The van der Waals surface area contributed by atoms with Crippen LogP contribution in [0, 0.1) is 5.41 Å². The average molecular weight is 278 g/mol. The van der Waals surface area contributed by atoms with Gasteiger partial charge in [0.1, 0.15) is 23.7 Å². The van der Waals surface area contributed by atoms with Gasteiger partial charge in [-0.3, -0.25) is 5.41 Å². The van der Waals surface area contributed by atoms with Crippen LogP contribution in [0.1, 0.15) is 11.1 Å². The first kappa shape index (κ1) is 13.1. The van der Waals surface area contributed by atoms with Crippen molar-refractivity contribution < 1.29 is 5.11 Å². The molecule has 0 aliphatic rings. The summed E-state index contributed by atoms with van der Waals surface area (Å²) in [5, 5.41) is 20.9. The highest BCUT2D eigenvalue weighted by Crippen LogP contribution is 2.25. The Hall–Kier alpha value is -2.34. The van der Waals surface area contributed by atoms with Crippen LogP contribution in [-0.2, 0) is 0 Å². The van der Waals surface area contributed by atoms with Crippen LogP contribution in [0.3, 0.4) is 0 Å². The normalized spacial score (nSPS) is 10.2. The standard InChI is InChI=1S/C12H12ClN5O/c1-16-12-9(11(15)17-5-18-12)10(14)6-2-7(13)4-8(19)3-6/h2-5,14,19H,1H3,(H3,15,16,17,18). The summed E-state index contributed by atoms with van der Waals surface area (Å²) in [4.78, 5) is 7.88. The topological polar surface area (TPSA) is 108 Å². The zero-order valence-electron chi connectivity index (χ0n) is 10.1. The Balaban J connectivity index is 2.56. The van der Waals surface area contributed by atoms with Crippen molar-refractivity contribution in [1.29, 1.82) is 5.41 Å². The molecule has 0 spiro atoms. The van der Waals surface area contributed by atoms with E-state index in [1.807, 2.05) is 0 Å². The predicted octanol–water partition coefficient (Wildman–Crippen LogP) is 1.88. The molecule has 7 heteroatoms. The van der Waals surface area contributed by atoms with Gasteiger partial charge in [-0.15, -0.1) is 0 Å². The second kappa shape index (κ2) is 5.11. The van der Waals surface area contributed by atoms with Gasteiger partial charge in [0.2, 0.25) is 0 Å². The van der Waals surface area contributed by atoms with E-state index in [4.69, 9.17) is 22.7 Å². The van der Waals surface area contributed by atoms with Gasteiger partial charge in [0, 0.05) is 17.6 Å². The zero-order chi connectivity index (χ0) is 14.0. The first-order valence-electron chi connectivity index (χ1n) is 5.40. The van der Waals surface area contributed by atoms with Crippen LogP contribution in [0.15, 0.2) is 24.5 Å². The number of hydrogen-bond donors (Lipinski definition) is 4. The van der Waals surface area contributed by atoms with E-state index in [9.17, 15) is 5.11 Å². The number of nitrogens with zero attached hydrogens (tertiary/aromatic N) is 2. The number of nitrogen functional groups attached to an aromatic ring is 1. The van der Waals surface area contributed by atoms with Gasteiger partial charge in [-0.05, 0) is 18.2 Å². The summed E-state index contributed by atoms with van der Waals surface area (Å²) in [5.74, 6) is 0.606. The molecule has 1 aromatic heterocycles. The molecule has 0 unspecified atom stereocenters. The van der Waals surface area contributed by atoms with Crippen molar-refractivity contribution in [3.8, 4) is 5.75 Å². The Morgan fingerprint density at radius 2 is 2.11 bits per heavy atom. The molecule has 0 saturated carbocycles. The molecule has 0 radical (unpaired) electrons.